The minimum atomic E-state index is -0.659. The summed E-state index contributed by atoms with van der Waals surface area (Å²) in [5.41, 5.74) is 0.271. The van der Waals surface area contributed by atoms with Gasteiger partial charge in [0.25, 0.3) is 5.91 Å². The molecule has 0 saturated heterocycles. The van der Waals surface area contributed by atoms with E-state index in [1.54, 1.807) is 6.07 Å². The van der Waals surface area contributed by atoms with Gasteiger partial charge in [0.15, 0.2) is 0 Å². The Kier molecular flexibility index (Phi) is 8.37. The van der Waals surface area contributed by atoms with Crippen LogP contribution in [0, 0.1) is 5.92 Å². The van der Waals surface area contributed by atoms with Crippen molar-refractivity contribution < 1.29 is 14.7 Å². The third kappa shape index (κ3) is 6.77. The van der Waals surface area contributed by atoms with E-state index in [0.29, 0.717) is 24.4 Å². The third-order valence-electron chi connectivity index (χ3n) is 3.14. The van der Waals surface area contributed by atoms with Crippen molar-refractivity contribution in [3.05, 3.63) is 33.8 Å². The van der Waals surface area contributed by atoms with Gasteiger partial charge in [0.05, 0.1) is 10.6 Å². The zero-order valence-corrected chi connectivity index (χ0v) is 14.7. The molecule has 1 rings (SSSR count). The summed E-state index contributed by atoms with van der Waals surface area (Å²) in [6.07, 6.45) is 0.971. The van der Waals surface area contributed by atoms with Crippen LogP contribution < -0.4 is 10.6 Å². The Bertz CT molecular complexity index is 550. The van der Waals surface area contributed by atoms with Gasteiger partial charge in [-0.05, 0) is 37.0 Å². The molecule has 0 aliphatic carbocycles. The number of hydrogen-bond donors (Lipinski definition) is 3. The van der Waals surface area contributed by atoms with E-state index >= 15 is 0 Å². The fourth-order valence-electron chi connectivity index (χ4n) is 2.03. The number of nitrogens with one attached hydrogen (secondary N) is 2. The summed E-state index contributed by atoms with van der Waals surface area (Å²) < 4.78 is 0. The van der Waals surface area contributed by atoms with Crippen LogP contribution in [-0.2, 0) is 4.79 Å². The Hall–Kier alpha value is -1.30. The van der Waals surface area contributed by atoms with E-state index in [0.717, 1.165) is 0 Å². The maximum Gasteiger partial charge on any atom is 0.253 e. The molecular formula is C16H22Cl2N2O3. The molecule has 7 heteroatoms. The maximum absolute atomic E-state index is 12.3. The summed E-state index contributed by atoms with van der Waals surface area (Å²) in [6, 6.07) is 3.92. The molecule has 0 fully saturated rings. The molecule has 1 aromatic carbocycles. The van der Waals surface area contributed by atoms with Crippen molar-refractivity contribution >= 4 is 35.0 Å². The minimum absolute atomic E-state index is 0.00185. The van der Waals surface area contributed by atoms with E-state index in [9.17, 15) is 9.59 Å². The first-order chi connectivity index (χ1) is 10.8. The molecule has 1 aromatic rings. The van der Waals surface area contributed by atoms with Crippen LogP contribution in [0.4, 0.5) is 0 Å². The SMILES string of the molecule is CC(C)CC(NC(=O)c1ccc(Cl)cc1Cl)C(=O)NCCCO. The van der Waals surface area contributed by atoms with Gasteiger partial charge >= 0.3 is 0 Å². The van der Waals surface area contributed by atoms with Crippen LogP contribution in [0.5, 0.6) is 0 Å². The third-order valence-corrected chi connectivity index (χ3v) is 3.69. The molecule has 0 aromatic heterocycles. The molecule has 0 aliphatic heterocycles. The van der Waals surface area contributed by atoms with Gasteiger partial charge in [-0.3, -0.25) is 9.59 Å². The first-order valence-electron chi connectivity index (χ1n) is 7.49. The first-order valence-corrected chi connectivity index (χ1v) is 8.25. The molecule has 0 saturated carbocycles. The lowest BCUT2D eigenvalue weighted by molar-refractivity contribution is -0.123. The van der Waals surface area contributed by atoms with Crippen LogP contribution in [0.3, 0.4) is 0 Å². The number of rotatable bonds is 8. The van der Waals surface area contributed by atoms with E-state index in [1.807, 2.05) is 13.8 Å². The van der Waals surface area contributed by atoms with Crippen LogP contribution in [0.2, 0.25) is 10.0 Å². The fourth-order valence-corrected chi connectivity index (χ4v) is 2.52. The van der Waals surface area contributed by atoms with Gasteiger partial charge in [0.1, 0.15) is 6.04 Å². The Labute approximate surface area is 146 Å². The molecule has 5 nitrogen and oxygen atoms in total. The molecule has 3 N–H and O–H groups in total. The number of halogens is 2. The van der Waals surface area contributed by atoms with Crippen LogP contribution in [-0.4, -0.2) is 36.1 Å². The molecule has 1 atom stereocenters. The van der Waals surface area contributed by atoms with Gasteiger partial charge in [0, 0.05) is 18.2 Å². The van der Waals surface area contributed by atoms with Gasteiger partial charge in [0.2, 0.25) is 5.91 Å². The molecular weight excluding hydrogens is 339 g/mol. The van der Waals surface area contributed by atoms with Crippen molar-refractivity contribution in [3.63, 3.8) is 0 Å². The largest absolute Gasteiger partial charge is 0.396 e. The minimum Gasteiger partial charge on any atom is -0.396 e. The topological polar surface area (TPSA) is 78.4 Å². The van der Waals surface area contributed by atoms with E-state index in [-0.39, 0.29) is 29.0 Å². The van der Waals surface area contributed by atoms with Crippen LogP contribution in [0.25, 0.3) is 0 Å². The van der Waals surface area contributed by atoms with Gasteiger partial charge in [-0.1, -0.05) is 37.0 Å². The summed E-state index contributed by atoms with van der Waals surface area (Å²) >= 11 is 11.8. The highest BCUT2D eigenvalue weighted by atomic mass is 35.5. The van der Waals surface area contributed by atoms with E-state index < -0.39 is 11.9 Å². The number of carbonyl (C=O) groups excluding carboxylic acids is 2. The summed E-state index contributed by atoms with van der Waals surface area (Å²) in [6.45, 7) is 4.30. The monoisotopic (exact) mass is 360 g/mol. The highest BCUT2D eigenvalue weighted by molar-refractivity contribution is 6.36. The van der Waals surface area contributed by atoms with Crippen molar-refractivity contribution in [2.75, 3.05) is 13.2 Å². The second kappa shape index (κ2) is 9.75. The van der Waals surface area contributed by atoms with Crippen molar-refractivity contribution in [1.82, 2.24) is 10.6 Å². The smallest absolute Gasteiger partial charge is 0.253 e. The number of aliphatic hydroxyl groups excluding tert-OH is 1. The van der Waals surface area contributed by atoms with Gasteiger partial charge in [-0.2, -0.15) is 0 Å². The number of benzene rings is 1. The van der Waals surface area contributed by atoms with Crippen molar-refractivity contribution in [2.24, 2.45) is 5.92 Å². The average Bonchev–Trinajstić information content (AvgIpc) is 2.46. The number of amides is 2. The van der Waals surface area contributed by atoms with E-state index in [2.05, 4.69) is 10.6 Å². The normalized spacial score (nSPS) is 12.1. The predicted molar refractivity (Wildman–Crippen MR) is 91.9 cm³/mol. The van der Waals surface area contributed by atoms with E-state index in [1.165, 1.54) is 12.1 Å². The molecule has 23 heavy (non-hydrogen) atoms. The molecule has 2 amide bonds. The average molecular weight is 361 g/mol. The first kappa shape index (κ1) is 19.7. The zero-order chi connectivity index (χ0) is 17.4. The number of carbonyl (C=O) groups is 2. The van der Waals surface area contributed by atoms with Gasteiger partial charge < -0.3 is 15.7 Å². The summed E-state index contributed by atoms with van der Waals surface area (Å²) in [7, 11) is 0. The summed E-state index contributed by atoms with van der Waals surface area (Å²) in [5.74, 6) is -0.468. The highest BCUT2D eigenvalue weighted by Crippen LogP contribution is 2.21. The zero-order valence-electron chi connectivity index (χ0n) is 13.2. The maximum atomic E-state index is 12.3. The second-order valence-electron chi connectivity index (χ2n) is 5.65. The quantitative estimate of drug-likeness (QED) is 0.623. The van der Waals surface area contributed by atoms with Crippen molar-refractivity contribution in [2.45, 2.75) is 32.7 Å². The number of aliphatic hydroxyl groups is 1. The fraction of sp³-hybridized carbons (Fsp3) is 0.500. The molecule has 0 spiro atoms. The van der Waals surface area contributed by atoms with Crippen LogP contribution >= 0.6 is 23.2 Å². The van der Waals surface area contributed by atoms with Crippen molar-refractivity contribution in [1.29, 1.82) is 0 Å². The van der Waals surface area contributed by atoms with Crippen molar-refractivity contribution in [3.8, 4) is 0 Å². The Morgan fingerprint density at radius 1 is 1.26 bits per heavy atom. The summed E-state index contributed by atoms with van der Waals surface area (Å²) in [5, 5.41) is 14.8. The number of hydrogen-bond acceptors (Lipinski definition) is 3. The molecule has 0 heterocycles. The molecule has 128 valence electrons. The predicted octanol–water partition coefficient (Wildman–Crippen LogP) is 2.64. The van der Waals surface area contributed by atoms with Crippen LogP contribution in [0.15, 0.2) is 18.2 Å². The van der Waals surface area contributed by atoms with Crippen LogP contribution in [0.1, 0.15) is 37.0 Å². The highest BCUT2D eigenvalue weighted by Gasteiger charge is 2.23. The molecule has 0 bridgehead atoms. The van der Waals surface area contributed by atoms with E-state index in [4.69, 9.17) is 28.3 Å². The Morgan fingerprint density at radius 3 is 2.52 bits per heavy atom. The lowest BCUT2D eigenvalue weighted by Crippen LogP contribution is -2.47. The van der Waals surface area contributed by atoms with Gasteiger partial charge in [-0.15, -0.1) is 0 Å². The Morgan fingerprint density at radius 2 is 1.96 bits per heavy atom. The standard InChI is InChI=1S/C16H22Cl2N2O3/c1-10(2)8-14(16(23)19-6-3-7-21)20-15(22)12-5-4-11(17)9-13(12)18/h4-5,9-10,14,21H,3,6-8H2,1-2H3,(H,19,23)(H,20,22). The van der Waals surface area contributed by atoms with Gasteiger partial charge in [-0.25, -0.2) is 0 Å². The molecule has 1 unspecified atom stereocenters. The summed E-state index contributed by atoms with van der Waals surface area (Å²) in [4.78, 5) is 24.5. The molecule has 0 radical (unpaired) electrons. The Balaban J connectivity index is 2.79. The lowest BCUT2D eigenvalue weighted by Gasteiger charge is -2.20. The second-order valence-corrected chi connectivity index (χ2v) is 6.49. The lowest BCUT2D eigenvalue weighted by atomic mass is 10.0. The molecule has 0 aliphatic rings.